The Balaban J connectivity index is 1.85. The second-order valence-corrected chi connectivity index (χ2v) is 6.73. The molecule has 1 aromatic heterocycles. The molecule has 0 bridgehead atoms. The van der Waals surface area contributed by atoms with Gasteiger partial charge in [0.1, 0.15) is 5.60 Å². The van der Waals surface area contributed by atoms with Gasteiger partial charge in [0.2, 0.25) is 0 Å². The van der Waals surface area contributed by atoms with Crippen molar-refractivity contribution in [1.82, 2.24) is 15.6 Å². The van der Waals surface area contributed by atoms with E-state index >= 15 is 0 Å². The number of amides is 1. The Kier molecular flexibility index (Phi) is 5.66. The standard InChI is InChI=1S/C18H27N3O2/c1-5-15(12-21-17(22)23-18(2,3)4)20-11-14-8-6-7-13-9-10-19-16(13)14/h6-10,15,19-20H,5,11-12H2,1-4H3,(H,21,22). The molecule has 1 aromatic carbocycles. The van der Waals surface area contributed by atoms with Crippen LogP contribution in [0, 0.1) is 0 Å². The van der Waals surface area contributed by atoms with Crippen LogP contribution in [0.2, 0.25) is 0 Å². The molecule has 1 heterocycles. The number of H-pyrrole nitrogens is 1. The quantitative estimate of drug-likeness (QED) is 0.763. The summed E-state index contributed by atoms with van der Waals surface area (Å²) in [4.78, 5) is 15.0. The van der Waals surface area contributed by atoms with E-state index in [-0.39, 0.29) is 12.1 Å². The molecule has 0 fully saturated rings. The molecule has 2 rings (SSSR count). The first kappa shape index (κ1) is 17.3. The van der Waals surface area contributed by atoms with E-state index in [1.807, 2.05) is 27.0 Å². The van der Waals surface area contributed by atoms with Crippen molar-refractivity contribution < 1.29 is 9.53 Å². The minimum Gasteiger partial charge on any atom is -0.444 e. The number of aromatic amines is 1. The van der Waals surface area contributed by atoms with Crippen LogP contribution in [0.15, 0.2) is 30.5 Å². The number of ether oxygens (including phenoxy) is 1. The molecule has 1 atom stereocenters. The molecule has 3 N–H and O–H groups in total. The molecule has 126 valence electrons. The van der Waals surface area contributed by atoms with Crippen molar-refractivity contribution in [3.63, 3.8) is 0 Å². The number of benzene rings is 1. The Labute approximate surface area is 137 Å². The Bertz CT molecular complexity index is 643. The SMILES string of the molecule is CCC(CNC(=O)OC(C)(C)C)NCc1cccc2cc[nH]c12. The van der Waals surface area contributed by atoms with Crippen LogP contribution in [0.25, 0.3) is 10.9 Å². The first-order chi connectivity index (χ1) is 10.9. The van der Waals surface area contributed by atoms with Gasteiger partial charge < -0.3 is 20.4 Å². The second-order valence-electron chi connectivity index (χ2n) is 6.73. The summed E-state index contributed by atoms with van der Waals surface area (Å²) in [5, 5.41) is 7.54. The number of alkyl carbamates (subject to hydrolysis) is 1. The first-order valence-electron chi connectivity index (χ1n) is 8.14. The zero-order valence-corrected chi connectivity index (χ0v) is 14.4. The lowest BCUT2D eigenvalue weighted by Gasteiger charge is -2.22. The summed E-state index contributed by atoms with van der Waals surface area (Å²) in [5.74, 6) is 0. The lowest BCUT2D eigenvalue weighted by molar-refractivity contribution is 0.0522. The fourth-order valence-corrected chi connectivity index (χ4v) is 2.43. The number of carbonyl (C=O) groups is 1. The highest BCUT2D eigenvalue weighted by atomic mass is 16.6. The highest BCUT2D eigenvalue weighted by Gasteiger charge is 2.17. The van der Waals surface area contributed by atoms with Gasteiger partial charge >= 0.3 is 6.09 Å². The van der Waals surface area contributed by atoms with Gasteiger partial charge in [0.15, 0.2) is 0 Å². The normalized spacial score (nSPS) is 13.0. The summed E-state index contributed by atoms with van der Waals surface area (Å²) in [6.45, 7) is 8.99. The van der Waals surface area contributed by atoms with Gasteiger partial charge in [-0.2, -0.15) is 0 Å². The van der Waals surface area contributed by atoms with Gasteiger partial charge in [-0.15, -0.1) is 0 Å². The number of hydrogen-bond acceptors (Lipinski definition) is 3. The van der Waals surface area contributed by atoms with E-state index in [0.29, 0.717) is 6.54 Å². The molecule has 1 unspecified atom stereocenters. The van der Waals surface area contributed by atoms with E-state index in [1.165, 1.54) is 10.9 Å². The lowest BCUT2D eigenvalue weighted by atomic mass is 10.1. The Morgan fingerprint density at radius 1 is 1.30 bits per heavy atom. The Morgan fingerprint density at radius 2 is 2.09 bits per heavy atom. The van der Waals surface area contributed by atoms with Gasteiger partial charge in [-0.25, -0.2) is 4.79 Å². The molecule has 5 heteroatoms. The molecule has 0 aliphatic carbocycles. The third-order valence-electron chi connectivity index (χ3n) is 3.64. The number of para-hydroxylation sites is 1. The first-order valence-corrected chi connectivity index (χ1v) is 8.14. The van der Waals surface area contributed by atoms with Gasteiger partial charge in [0, 0.05) is 30.8 Å². The van der Waals surface area contributed by atoms with E-state index in [9.17, 15) is 4.79 Å². The van der Waals surface area contributed by atoms with Crippen LogP contribution in [-0.2, 0) is 11.3 Å². The van der Waals surface area contributed by atoms with Crippen molar-refractivity contribution in [2.24, 2.45) is 0 Å². The van der Waals surface area contributed by atoms with Crippen LogP contribution < -0.4 is 10.6 Å². The van der Waals surface area contributed by atoms with E-state index in [0.717, 1.165) is 18.5 Å². The van der Waals surface area contributed by atoms with Crippen molar-refractivity contribution in [2.45, 2.75) is 52.3 Å². The summed E-state index contributed by atoms with van der Waals surface area (Å²) < 4.78 is 5.26. The van der Waals surface area contributed by atoms with Gasteiger partial charge in [-0.05, 0) is 44.2 Å². The molecule has 2 aromatic rings. The maximum atomic E-state index is 11.7. The number of rotatable bonds is 6. The van der Waals surface area contributed by atoms with Crippen LogP contribution in [0.5, 0.6) is 0 Å². The maximum absolute atomic E-state index is 11.7. The molecule has 23 heavy (non-hydrogen) atoms. The van der Waals surface area contributed by atoms with Crippen molar-refractivity contribution in [1.29, 1.82) is 0 Å². The van der Waals surface area contributed by atoms with Crippen LogP contribution in [0.3, 0.4) is 0 Å². The molecular formula is C18H27N3O2. The largest absolute Gasteiger partial charge is 0.444 e. The monoisotopic (exact) mass is 317 g/mol. The summed E-state index contributed by atoms with van der Waals surface area (Å²) in [5.41, 5.74) is 1.92. The van der Waals surface area contributed by atoms with Crippen molar-refractivity contribution >= 4 is 17.0 Å². The molecule has 0 aliphatic heterocycles. The highest BCUT2D eigenvalue weighted by Crippen LogP contribution is 2.16. The average molecular weight is 317 g/mol. The van der Waals surface area contributed by atoms with Gasteiger partial charge in [0.05, 0.1) is 0 Å². The topological polar surface area (TPSA) is 66.2 Å². The Hall–Kier alpha value is -2.01. The number of aromatic nitrogens is 1. The third-order valence-corrected chi connectivity index (χ3v) is 3.64. The minimum absolute atomic E-state index is 0.202. The second kappa shape index (κ2) is 7.51. The third kappa shape index (κ3) is 5.28. The minimum atomic E-state index is -0.470. The van der Waals surface area contributed by atoms with Crippen molar-refractivity contribution in [3.8, 4) is 0 Å². The number of carbonyl (C=O) groups excluding carboxylic acids is 1. The fourth-order valence-electron chi connectivity index (χ4n) is 2.43. The van der Waals surface area contributed by atoms with E-state index in [2.05, 4.69) is 46.8 Å². The molecule has 0 radical (unpaired) electrons. The molecule has 1 amide bonds. The smallest absolute Gasteiger partial charge is 0.407 e. The zero-order chi connectivity index (χ0) is 16.9. The fraction of sp³-hybridized carbons (Fsp3) is 0.500. The van der Waals surface area contributed by atoms with E-state index in [4.69, 9.17) is 4.74 Å². The number of fused-ring (bicyclic) bond motifs is 1. The average Bonchev–Trinajstić information content (AvgIpc) is 2.94. The molecule has 0 spiro atoms. The molecule has 5 nitrogen and oxygen atoms in total. The number of nitrogens with one attached hydrogen (secondary N) is 3. The van der Waals surface area contributed by atoms with Crippen LogP contribution in [0.1, 0.15) is 39.7 Å². The zero-order valence-electron chi connectivity index (χ0n) is 14.4. The molecule has 0 aliphatic rings. The molecular weight excluding hydrogens is 290 g/mol. The number of hydrogen-bond donors (Lipinski definition) is 3. The van der Waals surface area contributed by atoms with Crippen molar-refractivity contribution in [3.05, 3.63) is 36.0 Å². The van der Waals surface area contributed by atoms with Crippen LogP contribution in [-0.4, -0.2) is 29.3 Å². The summed E-state index contributed by atoms with van der Waals surface area (Å²) >= 11 is 0. The molecule has 0 saturated carbocycles. The van der Waals surface area contributed by atoms with E-state index < -0.39 is 5.60 Å². The lowest BCUT2D eigenvalue weighted by Crippen LogP contribution is -2.42. The molecule has 0 saturated heterocycles. The van der Waals surface area contributed by atoms with Gasteiger partial charge in [0.25, 0.3) is 0 Å². The maximum Gasteiger partial charge on any atom is 0.407 e. The van der Waals surface area contributed by atoms with Gasteiger partial charge in [-0.3, -0.25) is 0 Å². The predicted octanol–water partition coefficient (Wildman–Crippen LogP) is 3.56. The predicted molar refractivity (Wildman–Crippen MR) is 93.5 cm³/mol. The Morgan fingerprint density at radius 3 is 2.78 bits per heavy atom. The summed E-state index contributed by atoms with van der Waals surface area (Å²) in [7, 11) is 0. The van der Waals surface area contributed by atoms with Crippen LogP contribution >= 0.6 is 0 Å². The van der Waals surface area contributed by atoms with Crippen LogP contribution in [0.4, 0.5) is 4.79 Å². The van der Waals surface area contributed by atoms with Gasteiger partial charge in [-0.1, -0.05) is 25.1 Å². The summed E-state index contributed by atoms with van der Waals surface area (Å²) in [6, 6.07) is 8.54. The summed E-state index contributed by atoms with van der Waals surface area (Å²) in [6.07, 6.45) is 2.51. The van der Waals surface area contributed by atoms with E-state index in [1.54, 1.807) is 0 Å². The van der Waals surface area contributed by atoms with Crippen molar-refractivity contribution in [2.75, 3.05) is 6.54 Å². The highest BCUT2D eigenvalue weighted by molar-refractivity contribution is 5.82.